The highest BCUT2D eigenvalue weighted by Gasteiger charge is 2.51. The molecular formula is C65H127NO13. The third-order valence-corrected chi connectivity index (χ3v) is 17.1. The Kier molecular flexibility index (Phi) is 48.2. The minimum atomic E-state index is -1.78. The minimum Gasteiger partial charge on any atom is -0.394 e. The maximum absolute atomic E-state index is 13.3. The monoisotopic (exact) mass is 1130 g/mol. The molecule has 0 aromatic heterocycles. The molecule has 0 aromatic rings. The van der Waals surface area contributed by atoms with Crippen molar-refractivity contribution in [2.45, 2.75) is 389 Å². The lowest BCUT2D eigenvalue weighted by atomic mass is 9.97. The van der Waals surface area contributed by atoms with Gasteiger partial charge >= 0.3 is 0 Å². The molecule has 1 amide bonds. The van der Waals surface area contributed by atoms with Crippen LogP contribution in [0.1, 0.15) is 316 Å². The first kappa shape index (κ1) is 74.1. The second-order valence-corrected chi connectivity index (χ2v) is 24.3. The molecule has 14 heteroatoms. The molecule has 2 fully saturated rings. The Labute approximate surface area is 483 Å². The number of ether oxygens (including phenoxy) is 4. The zero-order valence-corrected chi connectivity index (χ0v) is 50.9. The fraction of sp³-hybridized carbons (Fsp3) is 0.985. The Morgan fingerprint density at radius 1 is 0.405 bits per heavy atom. The summed E-state index contributed by atoms with van der Waals surface area (Å²) in [6.45, 7) is 2.92. The van der Waals surface area contributed by atoms with Gasteiger partial charge in [-0.25, -0.2) is 0 Å². The fourth-order valence-corrected chi connectivity index (χ4v) is 11.7. The van der Waals surface area contributed by atoms with Crippen LogP contribution in [-0.4, -0.2) is 140 Å². The summed E-state index contributed by atoms with van der Waals surface area (Å²) in [5.41, 5.74) is 0. The molecular weight excluding hydrogens is 1000 g/mol. The normalized spacial score (nSPS) is 24.3. The van der Waals surface area contributed by atoms with Gasteiger partial charge in [0.15, 0.2) is 12.6 Å². The van der Waals surface area contributed by atoms with Crippen molar-refractivity contribution in [3.8, 4) is 0 Å². The Bertz CT molecular complexity index is 1330. The van der Waals surface area contributed by atoms with E-state index < -0.39 is 86.8 Å². The Morgan fingerprint density at radius 3 is 1.08 bits per heavy atom. The van der Waals surface area contributed by atoms with E-state index in [1.165, 1.54) is 238 Å². The largest absolute Gasteiger partial charge is 0.394 e. The molecule has 9 N–H and O–H groups in total. The van der Waals surface area contributed by atoms with Crippen molar-refractivity contribution in [1.29, 1.82) is 0 Å². The highest BCUT2D eigenvalue weighted by molar-refractivity contribution is 5.76. The second-order valence-electron chi connectivity index (χ2n) is 24.3. The summed E-state index contributed by atoms with van der Waals surface area (Å²) in [7, 11) is 0. The third-order valence-electron chi connectivity index (χ3n) is 17.1. The second kappa shape index (κ2) is 51.4. The van der Waals surface area contributed by atoms with Crippen LogP contribution >= 0.6 is 0 Å². The van der Waals surface area contributed by atoms with Crippen molar-refractivity contribution in [3.05, 3.63) is 0 Å². The van der Waals surface area contributed by atoms with Gasteiger partial charge in [-0.2, -0.15) is 0 Å². The molecule has 79 heavy (non-hydrogen) atoms. The van der Waals surface area contributed by atoms with E-state index in [9.17, 15) is 45.6 Å². The van der Waals surface area contributed by atoms with Crippen LogP contribution in [0, 0.1) is 0 Å². The highest BCUT2D eigenvalue weighted by atomic mass is 16.7. The van der Waals surface area contributed by atoms with Gasteiger partial charge in [-0.15, -0.1) is 0 Å². The molecule has 2 aliphatic heterocycles. The quantitative estimate of drug-likeness (QED) is 0.0259. The van der Waals surface area contributed by atoms with Crippen LogP contribution in [0.4, 0.5) is 0 Å². The molecule has 2 heterocycles. The van der Waals surface area contributed by atoms with Crippen LogP contribution in [0.2, 0.25) is 0 Å². The van der Waals surface area contributed by atoms with Crippen molar-refractivity contribution in [2.24, 2.45) is 0 Å². The smallest absolute Gasteiger partial charge is 0.220 e. The average Bonchev–Trinajstić information content (AvgIpc) is 3.46. The van der Waals surface area contributed by atoms with Crippen molar-refractivity contribution in [3.63, 3.8) is 0 Å². The molecule has 470 valence electrons. The molecule has 0 aromatic carbocycles. The summed E-state index contributed by atoms with van der Waals surface area (Å²) < 4.78 is 22.9. The summed E-state index contributed by atoms with van der Waals surface area (Å²) in [4.78, 5) is 13.3. The Balaban J connectivity index is 1.68. The molecule has 0 radical (unpaired) electrons. The van der Waals surface area contributed by atoms with E-state index in [0.717, 1.165) is 51.4 Å². The molecule has 2 aliphatic rings. The van der Waals surface area contributed by atoms with Crippen LogP contribution in [0.3, 0.4) is 0 Å². The van der Waals surface area contributed by atoms with Crippen LogP contribution in [0.15, 0.2) is 0 Å². The molecule has 12 atom stereocenters. The number of carbonyl (C=O) groups excluding carboxylic acids is 1. The van der Waals surface area contributed by atoms with E-state index in [4.69, 9.17) is 18.9 Å². The van der Waals surface area contributed by atoms with Gasteiger partial charge in [-0.3, -0.25) is 4.79 Å². The zero-order valence-electron chi connectivity index (χ0n) is 50.9. The lowest BCUT2D eigenvalue weighted by molar-refractivity contribution is -0.359. The van der Waals surface area contributed by atoms with E-state index in [2.05, 4.69) is 19.2 Å². The summed E-state index contributed by atoms with van der Waals surface area (Å²) in [6, 6.07) is -0.823. The van der Waals surface area contributed by atoms with Crippen molar-refractivity contribution >= 4 is 5.91 Å². The first-order valence-electron chi connectivity index (χ1n) is 33.8. The molecule has 0 saturated carbocycles. The topological polar surface area (TPSA) is 228 Å². The Morgan fingerprint density at radius 2 is 0.722 bits per heavy atom. The third kappa shape index (κ3) is 36.4. The maximum atomic E-state index is 13.3. The number of hydrogen-bond acceptors (Lipinski definition) is 13. The van der Waals surface area contributed by atoms with E-state index in [-0.39, 0.29) is 12.5 Å². The molecule has 2 rings (SSSR count). The van der Waals surface area contributed by atoms with Gasteiger partial charge in [-0.05, 0) is 12.8 Å². The lowest BCUT2D eigenvalue weighted by Crippen LogP contribution is -2.65. The van der Waals surface area contributed by atoms with Gasteiger partial charge in [0, 0.05) is 6.42 Å². The van der Waals surface area contributed by atoms with E-state index in [1.807, 2.05) is 0 Å². The predicted molar refractivity (Wildman–Crippen MR) is 319 cm³/mol. The minimum absolute atomic E-state index is 0.198. The number of amides is 1. The molecule has 0 spiro atoms. The number of aliphatic hydroxyl groups excluding tert-OH is 8. The average molecular weight is 1130 g/mol. The number of hydrogen-bond donors (Lipinski definition) is 9. The van der Waals surface area contributed by atoms with Crippen molar-refractivity contribution < 1.29 is 64.6 Å². The number of unbranched alkanes of at least 4 members (excludes halogenated alkanes) is 43. The summed E-state index contributed by atoms with van der Waals surface area (Å²) in [5, 5.41) is 87.5. The van der Waals surface area contributed by atoms with Crippen LogP contribution in [0.5, 0.6) is 0 Å². The summed E-state index contributed by atoms with van der Waals surface area (Å²) >= 11 is 0. The van der Waals surface area contributed by atoms with Gasteiger partial charge in [0.25, 0.3) is 0 Å². The van der Waals surface area contributed by atoms with Crippen LogP contribution in [0.25, 0.3) is 0 Å². The Hall–Kier alpha value is -1.01. The number of aliphatic hydroxyl groups is 8. The van der Waals surface area contributed by atoms with Gasteiger partial charge in [0.2, 0.25) is 5.91 Å². The standard InChI is InChI=1S/C65H127NO13/c1-3-5-7-9-11-13-15-17-19-21-23-24-25-26-27-28-29-31-32-34-36-38-40-42-44-46-48-54(69)53(66-57(70)49-47-45-43-41-39-37-35-33-30-22-20-18-16-14-12-10-8-6-4-2)52-76-64-62(75)60(73)63(56(51-68)78-64)79-65-61(74)59(72)58(71)55(50-67)77-65/h53-56,58-65,67-69,71-75H,3-52H2,1-2H3,(H,66,70). The van der Waals surface area contributed by atoms with Crippen LogP contribution < -0.4 is 5.32 Å². The zero-order chi connectivity index (χ0) is 57.4. The predicted octanol–water partition coefficient (Wildman–Crippen LogP) is 12.8. The highest BCUT2D eigenvalue weighted by Crippen LogP contribution is 2.30. The summed E-state index contributed by atoms with van der Waals surface area (Å²) in [6.07, 6.45) is 42.5. The van der Waals surface area contributed by atoms with Crippen LogP contribution in [-0.2, 0) is 23.7 Å². The van der Waals surface area contributed by atoms with Crippen molar-refractivity contribution in [2.75, 3.05) is 19.8 Å². The molecule has 12 unspecified atom stereocenters. The SMILES string of the molecule is CCCCCCCCCCCCCCCCCCCCCCCCCCCCC(O)C(COC1OC(CO)C(OC2OC(CO)C(O)C(O)C2O)C(O)C1O)NC(=O)CCCCCCCCCCCCCCCCCCCCC. The molecule has 2 saturated heterocycles. The molecule has 0 bridgehead atoms. The first-order valence-corrected chi connectivity index (χ1v) is 33.8. The number of nitrogens with one attached hydrogen (secondary N) is 1. The lowest BCUT2D eigenvalue weighted by Gasteiger charge is -2.46. The van der Waals surface area contributed by atoms with Gasteiger partial charge in [-0.1, -0.05) is 296 Å². The van der Waals surface area contributed by atoms with E-state index in [0.29, 0.717) is 12.8 Å². The van der Waals surface area contributed by atoms with E-state index in [1.54, 1.807) is 0 Å². The first-order chi connectivity index (χ1) is 38.6. The number of carbonyl (C=O) groups is 1. The fourth-order valence-electron chi connectivity index (χ4n) is 11.7. The van der Waals surface area contributed by atoms with E-state index >= 15 is 0 Å². The van der Waals surface area contributed by atoms with Crippen molar-refractivity contribution in [1.82, 2.24) is 5.32 Å². The van der Waals surface area contributed by atoms with Gasteiger partial charge in [0.05, 0.1) is 32.0 Å². The number of rotatable bonds is 56. The van der Waals surface area contributed by atoms with Gasteiger partial charge < -0.3 is 65.1 Å². The summed E-state index contributed by atoms with van der Waals surface area (Å²) in [5.74, 6) is -0.198. The molecule has 14 nitrogen and oxygen atoms in total. The van der Waals surface area contributed by atoms with Gasteiger partial charge in [0.1, 0.15) is 48.8 Å². The maximum Gasteiger partial charge on any atom is 0.220 e. The molecule has 0 aliphatic carbocycles.